The maximum atomic E-state index is 12.9. The van der Waals surface area contributed by atoms with Gasteiger partial charge in [-0.1, -0.05) is 18.2 Å². The maximum absolute atomic E-state index is 12.9. The number of ether oxygens (including phenoxy) is 1. The SMILES string of the molecule is COCCn1ncc2c1C(NC(=O)Cn1cc(C(N)=O)c3ccccc31)CCC2. The van der Waals surface area contributed by atoms with Gasteiger partial charge in [-0.3, -0.25) is 14.3 Å². The topological polar surface area (TPSA) is 104 Å². The van der Waals surface area contributed by atoms with E-state index in [-0.39, 0.29) is 18.5 Å². The van der Waals surface area contributed by atoms with Gasteiger partial charge in [0.1, 0.15) is 6.54 Å². The van der Waals surface area contributed by atoms with Gasteiger partial charge in [-0.05, 0) is 30.9 Å². The average molecular weight is 395 g/mol. The zero-order valence-corrected chi connectivity index (χ0v) is 16.4. The van der Waals surface area contributed by atoms with E-state index in [2.05, 4.69) is 10.4 Å². The molecule has 4 rings (SSSR count). The van der Waals surface area contributed by atoms with Gasteiger partial charge in [0.15, 0.2) is 0 Å². The molecule has 2 heterocycles. The third-order valence-corrected chi connectivity index (χ3v) is 5.44. The summed E-state index contributed by atoms with van der Waals surface area (Å²) in [5, 5.41) is 8.38. The predicted molar refractivity (Wildman–Crippen MR) is 108 cm³/mol. The number of fused-ring (bicyclic) bond motifs is 2. The molecule has 0 aliphatic heterocycles. The van der Waals surface area contributed by atoms with Gasteiger partial charge in [-0.15, -0.1) is 0 Å². The summed E-state index contributed by atoms with van der Waals surface area (Å²) in [7, 11) is 1.66. The van der Waals surface area contributed by atoms with Crippen molar-refractivity contribution in [3.05, 3.63) is 53.5 Å². The number of nitrogens with zero attached hydrogens (tertiary/aromatic N) is 3. The van der Waals surface area contributed by atoms with Crippen molar-refractivity contribution >= 4 is 22.7 Å². The van der Waals surface area contributed by atoms with Crippen LogP contribution in [0.2, 0.25) is 0 Å². The van der Waals surface area contributed by atoms with Crippen molar-refractivity contribution in [2.24, 2.45) is 5.73 Å². The molecule has 29 heavy (non-hydrogen) atoms. The second kappa shape index (κ2) is 8.08. The number of carbonyl (C=O) groups excluding carboxylic acids is 2. The second-order valence-corrected chi connectivity index (χ2v) is 7.34. The summed E-state index contributed by atoms with van der Waals surface area (Å²) in [4.78, 5) is 24.6. The highest BCUT2D eigenvalue weighted by Gasteiger charge is 2.26. The monoisotopic (exact) mass is 395 g/mol. The molecule has 0 saturated heterocycles. The molecule has 0 spiro atoms. The first kappa shape index (κ1) is 19.2. The van der Waals surface area contributed by atoms with Crippen molar-refractivity contribution in [2.45, 2.75) is 38.4 Å². The van der Waals surface area contributed by atoms with Gasteiger partial charge >= 0.3 is 0 Å². The van der Waals surface area contributed by atoms with Gasteiger partial charge in [0.25, 0.3) is 5.91 Å². The van der Waals surface area contributed by atoms with E-state index in [1.165, 1.54) is 5.56 Å². The molecule has 1 atom stereocenters. The van der Waals surface area contributed by atoms with E-state index in [1.54, 1.807) is 17.9 Å². The number of rotatable bonds is 7. The molecular formula is C21H25N5O3. The number of hydrogen-bond acceptors (Lipinski definition) is 4. The Kier molecular flexibility index (Phi) is 5.35. The molecule has 8 heteroatoms. The van der Waals surface area contributed by atoms with Crippen LogP contribution in [-0.2, 0) is 29.0 Å². The number of primary amides is 1. The molecule has 1 aliphatic carbocycles. The van der Waals surface area contributed by atoms with Crippen molar-refractivity contribution in [2.75, 3.05) is 13.7 Å². The molecule has 0 radical (unpaired) electrons. The molecule has 152 valence electrons. The van der Waals surface area contributed by atoms with Crippen molar-refractivity contribution in [1.29, 1.82) is 0 Å². The molecule has 2 amide bonds. The summed E-state index contributed by atoms with van der Waals surface area (Å²) < 4.78 is 8.88. The Morgan fingerprint density at radius 3 is 2.97 bits per heavy atom. The van der Waals surface area contributed by atoms with E-state index < -0.39 is 5.91 Å². The van der Waals surface area contributed by atoms with Crippen molar-refractivity contribution in [3.63, 3.8) is 0 Å². The van der Waals surface area contributed by atoms with E-state index in [0.29, 0.717) is 18.7 Å². The molecule has 1 aliphatic rings. The Morgan fingerprint density at radius 2 is 2.17 bits per heavy atom. The Bertz CT molecular complexity index is 1050. The summed E-state index contributed by atoms with van der Waals surface area (Å²) in [6, 6.07) is 7.37. The third kappa shape index (κ3) is 3.75. The maximum Gasteiger partial charge on any atom is 0.250 e. The fraction of sp³-hybridized carbons (Fsp3) is 0.381. The molecule has 2 aromatic heterocycles. The van der Waals surface area contributed by atoms with Crippen molar-refractivity contribution in [3.8, 4) is 0 Å². The lowest BCUT2D eigenvalue weighted by molar-refractivity contribution is -0.122. The van der Waals surface area contributed by atoms with Crippen LogP contribution in [0.15, 0.2) is 36.7 Å². The molecule has 0 saturated carbocycles. The van der Waals surface area contributed by atoms with Gasteiger partial charge in [-0.2, -0.15) is 5.10 Å². The number of carbonyl (C=O) groups is 2. The molecule has 0 bridgehead atoms. The van der Waals surface area contributed by atoms with Crippen LogP contribution < -0.4 is 11.1 Å². The van der Waals surface area contributed by atoms with Crippen molar-refractivity contribution in [1.82, 2.24) is 19.7 Å². The first-order valence-electron chi connectivity index (χ1n) is 9.79. The Labute approximate surface area is 168 Å². The van der Waals surface area contributed by atoms with E-state index in [9.17, 15) is 9.59 Å². The van der Waals surface area contributed by atoms with Crippen molar-refractivity contribution < 1.29 is 14.3 Å². The smallest absolute Gasteiger partial charge is 0.250 e. The van der Waals surface area contributed by atoms with Crippen LogP contribution in [0.5, 0.6) is 0 Å². The minimum atomic E-state index is -0.501. The number of aryl methyl sites for hydroxylation is 1. The van der Waals surface area contributed by atoms with E-state index in [0.717, 1.165) is 35.9 Å². The van der Waals surface area contributed by atoms with Crippen LogP contribution in [0.3, 0.4) is 0 Å². The molecule has 0 fully saturated rings. The largest absolute Gasteiger partial charge is 0.383 e. The number of nitrogens with one attached hydrogen (secondary N) is 1. The van der Waals surface area contributed by atoms with E-state index >= 15 is 0 Å². The number of nitrogens with two attached hydrogens (primary N) is 1. The van der Waals surface area contributed by atoms with Crippen LogP contribution in [0.4, 0.5) is 0 Å². The van der Waals surface area contributed by atoms with Crippen LogP contribution in [-0.4, -0.2) is 39.9 Å². The molecule has 3 N–H and O–H groups in total. The number of para-hydroxylation sites is 1. The third-order valence-electron chi connectivity index (χ3n) is 5.44. The summed E-state index contributed by atoms with van der Waals surface area (Å²) in [5.74, 6) is -0.613. The van der Waals surface area contributed by atoms with Gasteiger partial charge in [-0.25, -0.2) is 0 Å². The minimum absolute atomic E-state index is 0.0805. The van der Waals surface area contributed by atoms with Crippen LogP contribution in [0.25, 0.3) is 10.9 Å². The van der Waals surface area contributed by atoms with Crippen LogP contribution >= 0.6 is 0 Å². The highest BCUT2D eigenvalue weighted by Crippen LogP contribution is 2.30. The first-order valence-corrected chi connectivity index (χ1v) is 9.79. The van der Waals surface area contributed by atoms with E-state index in [1.807, 2.05) is 35.1 Å². The van der Waals surface area contributed by atoms with Crippen LogP contribution in [0.1, 0.15) is 40.5 Å². The van der Waals surface area contributed by atoms with Gasteiger partial charge in [0, 0.05) is 24.2 Å². The number of amides is 2. The lowest BCUT2D eigenvalue weighted by Crippen LogP contribution is -2.34. The summed E-state index contributed by atoms with van der Waals surface area (Å²) in [5.41, 5.74) is 8.98. The fourth-order valence-electron chi connectivity index (χ4n) is 4.13. The Morgan fingerprint density at radius 1 is 1.34 bits per heavy atom. The predicted octanol–water partition coefficient (Wildman–Crippen LogP) is 1.78. The highest BCUT2D eigenvalue weighted by molar-refractivity contribution is 6.06. The number of benzene rings is 1. The zero-order valence-electron chi connectivity index (χ0n) is 16.4. The number of methoxy groups -OCH3 is 1. The summed E-state index contributed by atoms with van der Waals surface area (Å²) in [6.07, 6.45) is 6.39. The zero-order chi connectivity index (χ0) is 20.4. The molecule has 3 aromatic rings. The average Bonchev–Trinajstić information content (AvgIpc) is 3.29. The molecule has 8 nitrogen and oxygen atoms in total. The Hall–Kier alpha value is -3.13. The number of aromatic nitrogens is 3. The Balaban J connectivity index is 1.54. The van der Waals surface area contributed by atoms with Gasteiger partial charge in [0.2, 0.25) is 5.91 Å². The number of hydrogen-bond donors (Lipinski definition) is 2. The molecular weight excluding hydrogens is 370 g/mol. The second-order valence-electron chi connectivity index (χ2n) is 7.34. The quantitative estimate of drug-likeness (QED) is 0.636. The molecule has 1 unspecified atom stereocenters. The summed E-state index contributed by atoms with van der Waals surface area (Å²) in [6.45, 7) is 1.34. The lowest BCUT2D eigenvalue weighted by atomic mass is 9.93. The first-order chi connectivity index (χ1) is 14.1. The van der Waals surface area contributed by atoms with Gasteiger partial charge in [0.05, 0.1) is 36.6 Å². The minimum Gasteiger partial charge on any atom is -0.383 e. The highest BCUT2D eigenvalue weighted by atomic mass is 16.5. The summed E-state index contributed by atoms with van der Waals surface area (Å²) >= 11 is 0. The van der Waals surface area contributed by atoms with Gasteiger partial charge < -0.3 is 20.4 Å². The van der Waals surface area contributed by atoms with E-state index in [4.69, 9.17) is 10.5 Å². The molecule has 1 aromatic carbocycles. The normalized spacial score (nSPS) is 16.0. The lowest BCUT2D eigenvalue weighted by Gasteiger charge is -2.25. The van der Waals surface area contributed by atoms with Crippen LogP contribution in [0, 0.1) is 0 Å². The standard InChI is InChI=1S/C21H25N5O3/c1-29-10-9-26-20-14(11-23-26)5-4-7-17(20)24-19(27)13-25-12-16(21(22)28)15-6-2-3-8-18(15)25/h2-3,6,8,11-12,17H,4-5,7,9-10,13H2,1H3,(H2,22,28)(H,24,27). The fourth-order valence-corrected chi connectivity index (χ4v) is 4.13.